The largest absolute Gasteiger partial charge is 0.354 e. The molecule has 0 radical (unpaired) electrons. The Morgan fingerprint density at radius 2 is 2.00 bits per heavy atom. The molecule has 0 aliphatic heterocycles. The lowest BCUT2D eigenvalue weighted by Gasteiger charge is -2.20. The van der Waals surface area contributed by atoms with E-state index in [-0.39, 0.29) is 0 Å². The van der Waals surface area contributed by atoms with Crippen LogP contribution in [0, 0.1) is 25.2 Å². The van der Waals surface area contributed by atoms with E-state index in [0.29, 0.717) is 17.3 Å². The van der Waals surface area contributed by atoms with Gasteiger partial charge in [0.1, 0.15) is 0 Å². The van der Waals surface area contributed by atoms with Crippen molar-refractivity contribution in [1.82, 2.24) is 10.2 Å². The second kappa shape index (κ2) is 5.89. The van der Waals surface area contributed by atoms with Crippen molar-refractivity contribution in [2.24, 2.45) is 0 Å². The van der Waals surface area contributed by atoms with Crippen molar-refractivity contribution in [3.05, 3.63) is 51.7 Å². The Morgan fingerprint density at radius 1 is 1.25 bits per heavy atom. The van der Waals surface area contributed by atoms with Gasteiger partial charge in [-0.1, -0.05) is 23.7 Å². The number of nitriles is 1. The fourth-order valence-electron chi connectivity index (χ4n) is 2.01. The number of anilines is 1. The van der Waals surface area contributed by atoms with E-state index in [1.165, 1.54) is 0 Å². The van der Waals surface area contributed by atoms with Crippen LogP contribution >= 0.6 is 11.6 Å². The van der Waals surface area contributed by atoms with Crippen LogP contribution in [0.3, 0.4) is 0 Å². The highest BCUT2D eigenvalue weighted by Crippen LogP contribution is 2.24. The first-order valence-electron chi connectivity index (χ1n) is 6.22. The van der Waals surface area contributed by atoms with Crippen LogP contribution in [0.25, 0.3) is 0 Å². The topological polar surface area (TPSA) is 52.8 Å². The van der Waals surface area contributed by atoms with Gasteiger partial charge in [-0.25, -0.2) is 0 Å². The number of aromatic nitrogens is 2. The molecule has 1 aromatic carbocycles. The van der Waals surface area contributed by atoms with E-state index in [1.807, 2.05) is 44.0 Å². The van der Waals surface area contributed by atoms with E-state index in [0.717, 1.165) is 22.5 Å². The Morgan fingerprint density at radius 3 is 2.70 bits per heavy atom. The average molecular weight is 287 g/mol. The Bertz CT molecular complexity index is 676. The van der Waals surface area contributed by atoms with Crippen molar-refractivity contribution in [2.45, 2.75) is 20.4 Å². The van der Waals surface area contributed by atoms with Crippen molar-refractivity contribution in [2.75, 3.05) is 11.9 Å². The van der Waals surface area contributed by atoms with Crippen LogP contribution in [0.2, 0.25) is 5.15 Å². The van der Waals surface area contributed by atoms with E-state index in [1.54, 1.807) is 6.07 Å². The van der Waals surface area contributed by atoms with Crippen LogP contribution < -0.4 is 4.90 Å². The highest BCUT2D eigenvalue weighted by Gasteiger charge is 2.12. The summed E-state index contributed by atoms with van der Waals surface area (Å²) in [5, 5.41) is 17.5. The minimum Gasteiger partial charge on any atom is -0.354 e. The molecule has 1 aromatic heterocycles. The zero-order valence-corrected chi connectivity index (χ0v) is 12.4. The molecule has 102 valence electrons. The van der Waals surface area contributed by atoms with Crippen molar-refractivity contribution < 1.29 is 0 Å². The summed E-state index contributed by atoms with van der Waals surface area (Å²) >= 11 is 5.96. The standard InChI is InChI=1S/C15H15ClN4/c1-10-11(2)15(19-18-14(10)16)20(3)9-13-6-4-5-12(7-13)8-17/h4-7H,9H2,1-3H3. The molecule has 0 saturated heterocycles. The third-order valence-electron chi connectivity index (χ3n) is 3.28. The second-order valence-corrected chi connectivity index (χ2v) is 5.09. The number of benzene rings is 1. The zero-order valence-electron chi connectivity index (χ0n) is 11.7. The van der Waals surface area contributed by atoms with E-state index in [9.17, 15) is 0 Å². The maximum atomic E-state index is 8.92. The molecule has 0 N–H and O–H groups in total. The summed E-state index contributed by atoms with van der Waals surface area (Å²) in [4.78, 5) is 2.00. The number of hydrogen-bond acceptors (Lipinski definition) is 4. The summed E-state index contributed by atoms with van der Waals surface area (Å²) in [6, 6.07) is 9.69. The predicted molar refractivity (Wildman–Crippen MR) is 79.8 cm³/mol. The van der Waals surface area contributed by atoms with Crippen molar-refractivity contribution in [3.8, 4) is 6.07 Å². The summed E-state index contributed by atoms with van der Waals surface area (Å²) in [6.07, 6.45) is 0. The zero-order chi connectivity index (χ0) is 14.7. The molecule has 2 rings (SSSR count). The highest BCUT2D eigenvalue weighted by molar-refractivity contribution is 6.30. The van der Waals surface area contributed by atoms with Crippen LogP contribution in [0.4, 0.5) is 5.82 Å². The van der Waals surface area contributed by atoms with Crippen molar-refractivity contribution in [3.63, 3.8) is 0 Å². The maximum Gasteiger partial charge on any atom is 0.155 e. The summed E-state index contributed by atoms with van der Waals surface area (Å²) in [5.41, 5.74) is 3.67. The summed E-state index contributed by atoms with van der Waals surface area (Å²) in [7, 11) is 1.95. The van der Waals surface area contributed by atoms with Gasteiger partial charge in [0, 0.05) is 13.6 Å². The van der Waals surface area contributed by atoms with Crippen molar-refractivity contribution in [1.29, 1.82) is 5.26 Å². The van der Waals surface area contributed by atoms with Gasteiger partial charge in [0.15, 0.2) is 11.0 Å². The normalized spacial score (nSPS) is 10.2. The molecule has 0 amide bonds. The van der Waals surface area contributed by atoms with Gasteiger partial charge in [-0.15, -0.1) is 10.2 Å². The monoisotopic (exact) mass is 286 g/mol. The van der Waals surface area contributed by atoms with E-state index in [2.05, 4.69) is 16.3 Å². The van der Waals surface area contributed by atoms with Gasteiger partial charge in [-0.2, -0.15) is 5.26 Å². The number of halogens is 1. The molecule has 5 heteroatoms. The Hall–Kier alpha value is -2.12. The lowest BCUT2D eigenvalue weighted by molar-refractivity contribution is 0.852. The molecule has 0 aliphatic rings. The highest BCUT2D eigenvalue weighted by atomic mass is 35.5. The molecule has 4 nitrogen and oxygen atoms in total. The lowest BCUT2D eigenvalue weighted by Crippen LogP contribution is -2.20. The summed E-state index contributed by atoms with van der Waals surface area (Å²) < 4.78 is 0. The first-order valence-corrected chi connectivity index (χ1v) is 6.60. The van der Waals surface area contributed by atoms with Crippen LogP contribution in [0.1, 0.15) is 22.3 Å². The molecule has 0 spiro atoms. The third-order valence-corrected chi connectivity index (χ3v) is 3.64. The van der Waals surface area contributed by atoms with Crippen LogP contribution in [-0.4, -0.2) is 17.2 Å². The van der Waals surface area contributed by atoms with E-state index >= 15 is 0 Å². The van der Waals surface area contributed by atoms with Gasteiger partial charge >= 0.3 is 0 Å². The molecule has 0 atom stereocenters. The number of rotatable bonds is 3. The Labute approximate surface area is 123 Å². The van der Waals surface area contributed by atoms with Crippen LogP contribution in [-0.2, 0) is 6.54 Å². The van der Waals surface area contributed by atoms with Gasteiger partial charge in [0.2, 0.25) is 0 Å². The van der Waals surface area contributed by atoms with Gasteiger partial charge in [0.05, 0.1) is 11.6 Å². The molecule has 2 aromatic rings. The molecule has 1 heterocycles. The maximum absolute atomic E-state index is 8.92. The minimum absolute atomic E-state index is 0.436. The Balaban J connectivity index is 2.26. The minimum atomic E-state index is 0.436. The van der Waals surface area contributed by atoms with Crippen LogP contribution in [0.15, 0.2) is 24.3 Å². The molecule has 0 fully saturated rings. The van der Waals surface area contributed by atoms with Gasteiger partial charge in [0.25, 0.3) is 0 Å². The predicted octanol–water partition coefficient (Wildman–Crippen LogP) is 3.25. The first-order chi connectivity index (χ1) is 9.52. The lowest BCUT2D eigenvalue weighted by atomic mass is 10.1. The smallest absolute Gasteiger partial charge is 0.155 e. The molecule has 0 unspecified atom stereocenters. The molecule has 0 saturated carbocycles. The third kappa shape index (κ3) is 2.89. The Kier molecular flexibility index (Phi) is 4.21. The first kappa shape index (κ1) is 14.3. The fraction of sp³-hybridized carbons (Fsp3) is 0.267. The molecule has 20 heavy (non-hydrogen) atoms. The average Bonchev–Trinajstić information content (AvgIpc) is 2.45. The SMILES string of the molecule is Cc1c(Cl)nnc(N(C)Cc2cccc(C#N)c2)c1C. The van der Waals surface area contributed by atoms with Gasteiger partial charge in [-0.3, -0.25) is 0 Å². The molecule has 0 aliphatic carbocycles. The fourth-order valence-corrected chi connectivity index (χ4v) is 2.19. The molecular formula is C15H15ClN4. The second-order valence-electron chi connectivity index (χ2n) is 4.73. The van der Waals surface area contributed by atoms with Crippen molar-refractivity contribution >= 4 is 17.4 Å². The molecule has 0 bridgehead atoms. The number of nitrogens with zero attached hydrogens (tertiary/aromatic N) is 4. The number of hydrogen-bond donors (Lipinski definition) is 0. The van der Waals surface area contributed by atoms with Gasteiger partial charge in [-0.05, 0) is 42.7 Å². The summed E-state index contributed by atoms with van der Waals surface area (Å²) in [6.45, 7) is 4.57. The van der Waals surface area contributed by atoms with E-state index in [4.69, 9.17) is 16.9 Å². The van der Waals surface area contributed by atoms with Gasteiger partial charge < -0.3 is 4.90 Å². The quantitative estimate of drug-likeness (QED) is 0.869. The molecular weight excluding hydrogens is 272 g/mol. The van der Waals surface area contributed by atoms with Crippen LogP contribution in [0.5, 0.6) is 0 Å². The summed E-state index contributed by atoms with van der Waals surface area (Å²) in [5.74, 6) is 0.800. The van der Waals surface area contributed by atoms with E-state index < -0.39 is 0 Å².